The molecule has 4 heteroatoms. The molecule has 0 aromatic heterocycles. The smallest absolute Gasteiger partial charge is 0.319 e. The van der Waals surface area contributed by atoms with Gasteiger partial charge in [-0.25, -0.2) is 0 Å². The molecule has 0 aliphatic heterocycles. The molecule has 3 N–H and O–H groups in total. The summed E-state index contributed by atoms with van der Waals surface area (Å²) in [5, 5.41) is 8.63. The first-order valence-corrected chi connectivity index (χ1v) is 4.30. The molecule has 0 bridgehead atoms. The summed E-state index contributed by atoms with van der Waals surface area (Å²) in [5.41, 5.74) is 4.88. The van der Waals surface area contributed by atoms with Crippen molar-refractivity contribution in [2.45, 2.75) is 6.92 Å². The zero-order chi connectivity index (χ0) is 10.8. The molecule has 0 saturated carbocycles. The SMILES string of the molecule is CCOC(=O)CN.Oc1ccccc1. The van der Waals surface area contributed by atoms with Crippen LogP contribution in [0, 0.1) is 0 Å². The second-order valence-electron chi connectivity index (χ2n) is 2.34. The van der Waals surface area contributed by atoms with Gasteiger partial charge < -0.3 is 15.6 Å². The van der Waals surface area contributed by atoms with Crippen LogP contribution in [0.5, 0.6) is 5.75 Å². The number of hydrogen-bond acceptors (Lipinski definition) is 4. The first kappa shape index (κ1) is 12.4. The molecule has 0 radical (unpaired) electrons. The second-order valence-corrected chi connectivity index (χ2v) is 2.34. The van der Waals surface area contributed by atoms with Crippen molar-refractivity contribution in [2.24, 2.45) is 5.73 Å². The first-order valence-electron chi connectivity index (χ1n) is 4.30. The summed E-state index contributed by atoms with van der Waals surface area (Å²) in [4.78, 5) is 10.1. The van der Waals surface area contributed by atoms with E-state index in [1.165, 1.54) is 0 Å². The Morgan fingerprint density at radius 3 is 2.21 bits per heavy atom. The number of ether oxygens (including phenoxy) is 1. The van der Waals surface area contributed by atoms with Crippen LogP contribution in [-0.2, 0) is 9.53 Å². The number of aromatic hydroxyl groups is 1. The molecule has 1 aromatic carbocycles. The predicted octanol–water partition coefficient (Wildman–Crippen LogP) is 0.900. The van der Waals surface area contributed by atoms with Crippen molar-refractivity contribution in [1.29, 1.82) is 0 Å². The summed E-state index contributed by atoms with van der Waals surface area (Å²) < 4.78 is 4.43. The standard InChI is InChI=1S/C6H6O.C4H9NO2/c7-6-4-2-1-3-5-6;1-2-7-4(6)3-5/h1-5,7H;2-3,5H2,1H3. The van der Waals surface area contributed by atoms with Crippen molar-refractivity contribution in [3.8, 4) is 5.75 Å². The molecule has 0 unspecified atom stereocenters. The van der Waals surface area contributed by atoms with Crippen molar-refractivity contribution >= 4 is 5.97 Å². The fourth-order valence-electron chi connectivity index (χ4n) is 0.648. The highest BCUT2D eigenvalue weighted by Crippen LogP contribution is 2.02. The summed E-state index contributed by atoms with van der Waals surface area (Å²) in [5.74, 6) is -0.0231. The minimum absolute atomic E-state index is 0.0200. The number of carbonyl (C=O) groups excluding carboxylic acids is 1. The Hall–Kier alpha value is -1.55. The van der Waals surface area contributed by atoms with E-state index in [0.717, 1.165) is 0 Å². The van der Waals surface area contributed by atoms with Crippen LogP contribution in [0.3, 0.4) is 0 Å². The number of phenolic OH excluding ortho intramolecular Hbond substituents is 1. The lowest BCUT2D eigenvalue weighted by Gasteiger charge is -1.93. The topological polar surface area (TPSA) is 72.5 Å². The van der Waals surface area contributed by atoms with Crippen molar-refractivity contribution in [1.82, 2.24) is 0 Å². The normalized spacial score (nSPS) is 8.43. The highest BCUT2D eigenvalue weighted by atomic mass is 16.5. The maximum Gasteiger partial charge on any atom is 0.319 e. The maximum atomic E-state index is 10.1. The van der Waals surface area contributed by atoms with E-state index in [1.54, 1.807) is 31.2 Å². The van der Waals surface area contributed by atoms with Crippen LogP contribution in [-0.4, -0.2) is 24.2 Å². The lowest BCUT2D eigenvalue weighted by atomic mass is 10.3. The van der Waals surface area contributed by atoms with Gasteiger partial charge in [0.25, 0.3) is 0 Å². The van der Waals surface area contributed by atoms with Crippen LogP contribution < -0.4 is 5.73 Å². The Labute approximate surface area is 83.3 Å². The van der Waals surface area contributed by atoms with Gasteiger partial charge in [-0.15, -0.1) is 0 Å². The third kappa shape index (κ3) is 7.12. The molecule has 0 aliphatic rings. The van der Waals surface area contributed by atoms with E-state index < -0.39 is 0 Å². The molecular formula is C10H15NO3. The highest BCUT2D eigenvalue weighted by molar-refractivity contribution is 5.71. The van der Waals surface area contributed by atoms with Gasteiger partial charge in [-0.3, -0.25) is 4.79 Å². The fraction of sp³-hybridized carbons (Fsp3) is 0.300. The molecule has 0 saturated heterocycles. The third-order valence-electron chi connectivity index (χ3n) is 1.23. The Bertz CT molecular complexity index is 249. The van der Waals surface area contributed by atoms with E-state index in [-0.39, 0.29) is 12.5 Å². The number of hydrogen-bond donors (Lipinski definition) is 2. The molecule has 4 nitrogen and oxygen atoms in total. The van der Waals surface area contributed by atoms with Crippen LogP contribution in [0.4, 0.5) is 0 Å². The van der Waals surface area contributed by atoms with Crippen molar-refractivity contribution < 1.29 is 14.6 Å². The number of rotatable bonds is 2. The van der Waals surface area contributed by atoms with Crippen LogP contribution in [0.1, 0.15) is 6.92 Å². The Kier molecular flexibility index (Phi) is 7.17. The van der Waals surface area contributed by atoms with Crippen LogP contribution in [0.25, 0.3) is 0 Å². The zero-order valence-corrected chi connectivity index (χ0v) is 8.14. The molecule has 0 heterocycles. The van der Waals surface area contributed by atoms with E-state index in [9.17, 15) is 4.79 Å². The summed E-state index contributed by atoms with van der Waals surface area (Å²) in [6.07, 6.45) is 0. The molecular weight excluding hydrogens is 182 g/mol. The summed E-state index contributed by atoms with van der Waals surface area (Å²) in [6, 6.07) is 8.71. The van der Waals surface area contributed by atoms with Crippen LogP contribution in [0.15, 0.2) is 30.3 Å². The van der Waals surface area contributed by atoms with Gasteiger partial charge in [-0.05, 0) is 19.1 Å². The highest BCUT2D eigenvalue weighted by Gasteiger charge is 1.91. The lowest BCUT2D eigenvalue weighted by Crippen LogP contribution is -2.16. The molecule has 0 atom stereocenters. The van der Waals surface area contributed by atoms with E-state index in [2.05, 4.69) is 4.74 Å². The maximum absolute atomic E-state index is 10.1. The average molecular weight is 197 g/mol. The van der Waals surface area contributed by atoms with E-state index in [1.807, 2.05) is 6.07 Å². The predicted molar refractivity (Wildman–Crippen MR) is 53.8 cm³/mol. The van der Waals surface area contributed by atoms with Gasteiger partial charge in [0, 0.05) is 0 Å². The van der Waals surface area contributed by atoms with Crippen molar-refractivity contribution in [2.75, 3.05) is 13.2 Å². The van der Waals surface area contributed by atoms with Gasteiger partial charge >= 0.3 is 5.97 Å². The minimum Gasteiger partial charge on any atom is -0.508 e. The van der Waals surface area contributed by atoms with Gasteiger partial charge in [0.2, 0.25) is 0 Å². The largest absolute Gasteiger partial charge is 0.508 e. The van der Waals surface area contributed by atoms with Crippen LogP contribution >= 0.6 is 0 Å². The van der Waals surface area contributed by atoms with E-state index >= 15 is 0 Å². The monoisotopic (exact) mass is 197 g/mol. The molecule has 0 aliphatic carbocycles. The number of para-hydroxylation sites is 1. The number of carbonyl (C=O) groups is 1. The fourth-order valence-corrected chi connectivity index (χ4v) is 0.648. The average Bonchev–Trinajstić information content (AvgIpc) is 2.20. The number of benzene rings is 1. The number of phenols is 1. The van der Waals surface area contributed by atoms with Gasteiger partial charge in [-0.1, -0.05) is 18.2 Å². The molecule has 0 spiro atoms. The summed E-state index contributed by atoms with van der Waals surface area (Å²) in [7, 11) is 0. The van der Waals surface area contributed by atoms with E-state index in [4.69, 9.17) is 10.8 Å². The van der Waals surface area contributed by atoms with E-state index in [0.29, 0.717) is 12.4 Å². The second kappa shape index (κ2) is 8.07. The molecule has 1 aromatic rings. The third-order valence-corrected chi connectivity index (χ3v) is 1.23. The molecule has 0 fully saturated rings. The lowest BCUT2D eigenvalue weighted by molar-refractivity contribution is -0.141. The van der Waals surface area contributed by atoms with Gasteiger partial charge in [0.15, 0.2) is 0 Å². The molecule has 14 heavy (non-hydrogen) atoms. The molecule has 78 valence electrons. The molecule has 1 rings (SSSR count). The molecule has 0 amide bonds. The first-order chi connectivity index (χ1) is 6.70. The Morgan fingerprint density at radius 2 is 2.00 bits per heavy atom. The van der Waals surface area contributed by atoms with Crippen molar-refractivity contribution in [3.63, 3.8) is 0 Å². The minimum atomic E-state index is -0.345. The van der Waals surface area contributed by atoms with Gasteiger partial charge in [0.1, 0.15) is 5.75 Å². The number of esters is 1. The van der Waals surface area contributed by atoms with Gasteiger partial charge in [-0.2, -0.15) is 0 Å². The van der Waals surface area contributed by atoms with Crippen molar-refractivity contribution in [3.05, 3.63) is 30.3 Å². The Balaban J connectivity index is 0.000000241. The quantitative estimate of drug-likeness (QED) is 0.691. The zero-order valence-electron chi connectivity index (χ0n) is 8.14. The summed E-state index contributed by atoms with van der Waals surface area (Å²) >= 11 is 0. The van der Waals surface area contributed by atoms with Crippen LogP contribution in [0.2, 0.25) is 0 Å². The van der Waals surface area contributed by atoms with Gasteiger partial charge in [0.05, 0.1) is 13.2 Å². The summed E-state index contributed by atoms with van der Waals surface area (Å²) in [6.45, 7) is 2.14. The number of nitrogens with two attached hydrogens (primary N) is 1. The Morgan fingerprint density at radius 1 is 1.43 bits per heavy atom.